The van der Waals surface area contributed by atoms with Crippen molar-refractivity contribution in [3.05, 3.63) is 93.9 Å². The van der Waals surface area contributed by atoms with Crippen molar-refractivity contribution < 1.29 is 22.7 Å². The van der Waals surface area contributed by atoms with Crippen LogP contribution >= 0.6 is 23.2 Å². The van der Waals surface area contributed by atoms with Crippen LogP contribution < -0.4 is 10.1 Å². The van der Waals surface area contributed by atoms with Crippen LogP contribution in [0.2, 0.25) is 10.0 Å². The van der Waals surface area contributed by atoms with E-state index in [0.29, 0.717) is 31.4 Å². The van der Waals surface area contributed by atoms with Gasteiger partial charge < -0.3 is 10.1 Å². The van der Waals surface area contributed by atoms with E-state index in [-0.39, 0.29) is 29.3 Å². The van der Waals surface area contributed by atoms with Crippen molar-refractivity contribution in [1.29, 1.82) is 0 Å². The molecule has 1 amide bonds. The Labute approximate surface area is 223 Å². The summed E-state index contributed by atoms with van der Waals surface area (Å²) in [5.74, 6) is -0.0278. The van der Waals surface area contributed by atoms with Crippen molar-refractivity contribution >= 4 is 40.6 Å². The first-order valence-electron chi connectivity index (χ1n) is 11.0. The number of fused-ring (bicyclic) bond motifs is 1. The molecule has 5 aromatic rings. The summed E-state index contributed by atoms with van der Waals surface area (Å²) in [7, 11) is 1.48. The Morgan fingerprint density at radius 3 is 2.45 bits per heavy atom. The van der Waals surface area contributed by atoms with Crippen LogP contribution in [0.25, 0.3) is 16.9 Å². The van der Waals surface area contributed by atoms with Crippen LogP contribution in [-0.2, 0) is 12.7 Å². The average molecular weight is 561 g/mol. The summed E-state index contributed by atoms with van der Waals surface area (Å²) in [6.07, 6.45) is -2.11. The van der Waals surface area contributed by atoms with E-state index in [4.69, 9.17) is 27.9 Å². The number of hydrogen-bond donors (Lipinski definition) is 1. The second kappa shape index (κ2) is 9.99. The minimum Gasteiger partial charge on any atom is -0.497 e. The number of nitrogens with zero attached hydrogens (tertiary/aromatic N) is 5. The van der Waals surface area contributed by atoms with Crippen LogP contribution in [0.15, 0.2) is 67.0 Å². The van der Waals surface area contributed by atoms with Crippen molar-refractivity contribution in [1.82, 2.24) is 24.4 Å². The minimum absolute atomic E-state index is 0.0166. The van der Waals surface area contributed by atoms with Gasteiger partial charge in [0.1, 0.15) is 11.3 Å². The molecule has 0 atom stereocenters. The van der Waals surface area contributed by atoms with Gasteiger partial charge in [-0.3, -0.25) is 9.48 Å². The molecule has 5 rings (SSSR count). The van der Waals surface area contributed by atoms with E-state index in [9.17, 15) is 18.0 Å². The maximum Gasteiger partial charge on any atom is 0.433 e. The predicted octanol–water partition coefficient (Wildman–Crippen LogP) is 6.23. The fourth-order valence-electron chi connectivity index (χ4n) is 3.78. The Bertz CT molecular complexity index is 1630. The van der Waals surface area contributed by atoms with Gasteiger partial charge in [0.25, 0.3) is 5.91 Å². The third-order valence-electron chi connectivity index (χ3n) is 5.66. The second-order valence-electron chi connectivity index (χ2n) is 8.10. The maximum absolute atomic E-state index is 13.9. The van der Waals surface area contributed by atoms with E-state index < -0.39 is 17.8 Å². The van der Waals surface area contributed by atoms with E-state index in [2.05, 4.69) is 20.5 Å². The molecule has 0 aliphatic heterocycles. The van der Waals surface area contributed by atoms with Gasteiger partial charge in [-0.1, -0.05) is 29.3 Å². The molecule has 13 heteroatoms. The molecule has 38 heavy (non-hydrogen) atoms. The molecule has 8 nitrogen and oxygen atoms in total. The van der Waals surface area contributed by atoms with Crippen LogP contribution in [0.3, 0.4) is 0 Å². The number of ether oxygens (including phenoxy) is 1. The molecule has 3 aromatic heterocycles. The zero-order chi connectivity index (χ0) is 27.0. The fraction of sp³-hybridized carbons (Fsp3) is 0.120. The van der Waals surface area contributed by atoms with Gasteiger partial charge in [0.15, 0.2) is 17.2 Å². The highest BCUT2D eigenvalue weighted by molar-refractivity contribution is 6.36. The SMILES string of the molecule is COc1ccc(-c2cc(C(F)(F)F)n3ncc(C(=O)Nc4ccn(Cc5c(Cl)cccc5Cl)n4)c3n2)cc1. The number of hydrogen-bond acceptors (Lipinski definition) is 5. The van der Waals surface area contributed by atoms with E-state index in [1.54, 1.807) is 48.7 Å². The number of aromatic nitrogens is 5. The van der Waals surface area contributed by atoms with Crippen molar-refractivity contribution in [3.8, 4) is 17.0 Å². The Morgan fingerprint density at radius 1 is 1.08 bits per heavy atom. The summed E-state index contributed by atoms with van der Waals surface area (Å²) in [4.78, 5) is 17.4. The number of halogens is 5. The van der Waals surface area contributed by atoms with Gasteiger partial charge in [0, 0.05) is 33.4 Å². The van der Waals surface area contributed by atoms with Crippen molar-refractivity contribution in [2.24, 2.45) is 0 Å². The molecule has 194 valence electrons. The lowest BCUT2D eigenvalue weighted by molar-refractivity contribution is -0.142. The highest BCUT2D eigenvalue weighted by Crippen LogP contribution is 2.33. The summed E-state index contributed by atoms with van der Waals surface area (Å²) in [5.41, 5.74) is -0.422. The standard InChI is InChI=1S/C25H17Cl2F3N6O2/c1-38-15-7-5-14(6-8-15)20-11-21(25(28,29)30)36-23(32-20)16(12-31-36)24(37)33-22-9-10-35(34-22)13-17-18(26)3-2-4-19(17)27/h2-12H,13H2,1H3,(H,33,34,37). The van der Waals surface area contributed by atoms with E-state index >= 15 is 0 Å². The molecule has 0 bridgehead atoms. The summed E-state index contributed by atoms with van der Waals surface area (Å²) < 4.78 is 48.9. The first-order chi connectivity index (χ1) is 18.1. The Morgan fingerprint density at radius 2 is 1.79 bits per heavy atom. The lowest BCUT2D eigenvalue weighted by atomic mass is 10.1. The Kier molecular flexibility index (Phi) is 6.72. The minimum atomic E-state index is -4.75. The molecule has 0 radical (unpaired) electrons. The van der Waals surface area contributed by atoms with Crippen LogP contribution in [0, 0.1) is 0 Å². The number of carbonyl (C=O) groups excluding carboxylic acids is 1. The van der Waals surface area contributed by atoms with Crippen molar-refractivity contribution in [2.45, 2.75) is 12.7 Å². The smallest absolute Gasteiger partial charge is 0.433 e. The fourth-order valence-corrected chi connectivity index (χ4v) is 4.30. The molecule has 0 fully saturated rings. The normalized spacial score (nSPS) is 11.6. The van der Waals surface area contributed by atoms with Crippen molar-refractivity contribution in [3.63, 3.8) is 0 Å². The van der Waals surface area contributed by atoms with E-state index in [1.165, 1.54) is 17.9 Å². The van der Waals surface area contributed by atoms with Gasteiger partial charge in [0.05, 0.1) is 25.5 Å². The number of methoxy groups -OCH3 is 1. The van der Waals surface area contributed by atoms with Crippen LogP contribution in [0.4, 0.5) is 19.0 Å². The van der Waals surface area contributed by atoms with Crippen LogP contribution in [0.1, 0.15) is 21.6 Å². The number of benzene rings is 2. The third-order valence-corrected chi connectivity index (χ3v) is 6.36. The molecular weight excluding hydrogens is 544 g/mol. The molecule has 2 aromatic carbocycles. The molecule has 0 saturated carbocycles. The van der Waals surface area contributed by atoms with Gasteiger partial charge >= 0.3 is 6.18 Å². The largest absolute Gasteiger partial charge is 0.497 e. The molecule has 0 aliphatic rings. The van der Waals surface area contributed by atoms with E-state index in [1.807, 2.05) is 0 Å². The maximum atomic E-state index is 13.9. The quantitative estimate of drug-likeness (QED) is 0.266. The van der Waals surface area contributed by atoms with Gasteiger partial charge in [-0.05, 0) is 42.5 Å². The zero-order valence-corrected chi connectivity index (χ0v) is 21.0. The molecule has 0 saturated heterocycles. The zero-order valence-electron chi connectivity index (χ0n) is 19.5. The summed E-state index contributed by atoms with van der Waals surface area (Å²) in [6, 6.07) is 13.9. The first-order valence-corrected chi connectivity index (χ1v) is 11.8. The number of carbonyl (C=O) groups is 1. The lowest BCUT2D eigenvalue weighted by Crippen LogP contribution is -2.16. The number of nitrogens with one attached hydrogen (secondary N) is 1. The third kappa shape index (κ3) is 5.02. The first kappa shape index (κ1) is 25.6. The van der Waals surface area contributed by atoms with Crippen LogP contribution in [-0.4, -0.2) is 37.4 Å². The van der Waals surface area contributed by atoms with Gasteiger partial charge in [-0.15, -0.1) is 0 Å². The molecular formula is C25H17Cl2F3N6O2. The monoisotopic (exact) mass is 560 g/mol. The summed E-state index contributed by atoms with van der Waals surface area (Å²) in [6.45, 7) is 0.243. The average Bonchev–Trinajstić information content (AvgIpc) is 3.52. The molecule has 0 spiro atoms. The predicted molar refractivity (Wildman–Crippen MR) is 136 cm³/mol. The lowest BCUT2D eigenvalue weighted by Gasteiger charge is -2.12. The highest BCUT2D eigenvalue weighted by Gasteiger charge is 2.36. The topological polar surface area (TPSA) is 86.3 Å². The highest BCUT2D eigenvalue weighted by atomic mass is 35.5. The van der Waals surface area contributed by atoms with Gasteiger partial charge in [-0.2, -0.15) is 23.4 Å². The van der Waals surface area contributed by atoms with Gasteiger partial charge in [-0.25, -0.2) is 9.50 Å². The number of rotatable bonds is 6. The van der Waals surface area contributed by atoms with E-state index in [0.717, 1.165) is 12.3 Å². The molecule has 0 aliphatic carbocycles. The number of anilines is 1. The Hall–Kier alpha value is -4.09. The van der Waals surface area contributed by atoms with Crippen LogP contribution in [0.5, 0.6) is 5.75 Å². The summed E-state index contributed by atoms with van der Waals surface area (Å²) in [5, 5.41) is 11.6. The molecule has 0 unspecified atom stereocenters. The molecule has 1 N–H and O–H groups in total. The second-order valence-corrected chi connectivity index (χ2v) is 8.91. The van der Waals surface area contributed by atoms with Gasteiger partial charge in [0.2, 0.25) is 0 Å². The number of alkyl halides is 3. The molecule has 3 heterocycles. The summed E-state index contributed by atoms with van der Waals surface area (Å²) >= 11 is 12.4. The Balaban J connectivity index is 1.47. The number of amides is 1. The van der Waals surface area contributed by atoms with Crippen molar-refractivity contribution in [2.75, 3.05) is 12.4 Å².